The Bertz CT molecular complexity index is 1270. The molecule has 3 heterocycles. The number of halogens is 2. The fourth-order valence-electron chi connectivity index (χ4n) is 3.96. The number of nitrogens with zero attached hydrogens (tertiary/aromatic N) is 3. The summed E-state index contributed by atoms with van der Waals surface area (Å²) >= 11 is 1.00. The number of carbonyl (C=O) groups is 2. The molecule has 1 aliphatic heterocycles. The number of benzene rings is 1. The quantitative estimate of drug-likeness (QED) is 0.644. The van der Waals surface area contributed by atoms with Crippen molar-refractivity contribution in [1.82, 2.24) is 14.5 Å². The highest BCUT2D eigenvalue weighted by molar-refractivity contribution is 7.20. The van der Waals surface area contributed by atoms with Gasteiger partial charge in [-0.2, -0.15) is 0 Å². The zero-order valence-electron chi connectivity index (χ0n) is 17.7. The van der Waals surface area contributed by atoms with Crippen molar-refractivity contribution in [1.29, 1.82) is 0 Å². The molecular formula is C22H22F2N4O3S. The smallest absolute Gasteiger partial charge is 0.266 e. The summed E-state index contributed by atoms with van der Waals surface area (Å²) in [6, 6.07) is 2.97. The lowest BCUT2D eigenvalue weighted by atomic mass is 10.0. The fourth-order valence-corrected chi connectivity index (χ4v) is 5.00. The van der Waals surface area contributed by atoms with Gasteiger partial charge in [0.25, 0.3) is 11.5 Å². The van der Waals surface area contributed by atoms with Crippen LogP contribution in [0.1, 0.15) is 41.4 Å². The number of hydrogen-bond acceptors (Lipinski definition) is 5. The zero-order chi connectivity index (χ0) is 23.0. The third-order valence-corrected chi connectivity index (χ3v) is 6.93. The topological polar surface area (TPSA) is 84.3 Å². The Hall–Kier alpha value is -3.14. The van der Waals surface area contributed by atoms with Crippen LogP contribution in [0.4, 0.5) is 14.5 Å². The number of carbonyl (C=O) groups excluding carboxylic acids is 2. The van der Waals surface area contributed by atoms with Gasteiger partial charge >= 0.3 is 0 Å². The number of amides is 2. The van der Waals surface area contributed by atoms with Crippen molar-refractivity contribution in [3.05, 3.63) is 57.0 Å². The van der Waals surface area contributed by atoms with Gasteiger partial charge in [0.15, 0.2) is 0 Å². The summed E-state index contributed by atoms with van der Waals surface area (Å²) in [5, 5.41) is 2.65. The number of fused-ring (bicyclic) bond motifs is 1. The SMILES string of the molecule is Cc1c(C(=O)Nc2ccc(F)cc2F)sc2ncn(CC(=O)N3CCCC[C@H]3C)c(=O)c12. The lowest BCUT2D eigenvalue weighted by molar-refractivity contribution is -0.135. The molecule has 0 aliphatic carbocycles. The molecule has 1 N–H and O–H groups in total. The second-order valence-corrected chi connectivity index (χ2v) is 8.92. The first-order valence-corrected chi connectivity index (χ1v) is 11.1. The van der Waals surface area contributed by atoms with E-state index in [1.54, 1.807) is 11.8 Å². The van der Waals surface area contributed by atoms with E-state index in [0.29, 0.717) is 23.0 Å². The second-order valence-electron chi connectivity index (χ2n) is 7.92. The Balaban J connectivity index is 1.61. The van der Waals surface area contributed by atoms with Crippen LogP contribution in [0.25, 0.3) is 10.2 Å². The molecule has 1 atom stereocenters. The van der Waals surface area contributed by atoms with Crippen molar-refractivity contribution in [2.75, 3.05) is 11.9 Å². The first kappa shape index (κ1) is 22.1. The van der Waals surface area contributed by atoms with Crippen LogP contribution in [0.5, 0.6) is 0 Å². The maximum atomic E-state index is 13.9. The lowest BCUT2D eigenvalue weighted by Crippen LogP contribution is -2.44. The summed E-state index contributed by atoms with van der Waals surface area (Å²) in [6.45, 7) is 4.16. The Labute approximate surface area is 186 Å². The minimum absolute atomic E-state index is 0.121. The molecule has 0 spiro atoms. The van der Waals surface area contributed by atoms with Crippen molar-refractivity contribution in [2.45, 2.75) is 45.7 Å². The van der Waals surface area contributed by atoms with Crippen LogP contribution in [-0.2, 0) is 11.3 Å². The molecule has 7 nitrogen and oxygen atoms in total. The van der Waals surface area contributed by atoms with E-state index in [9.17, 15) is 23.2 Å². The Morgan fingerprint density at radius 3 is 2.78 bits per heavy atom. The van der Waals surface area contributed by atoms with E-state index in [1.165, 1.54) is 10.9 Å². The number of piperidine rings is 1. The number of rotatable bonds is 4. The predicted molar refractivity (Wildman–Crippen MR) is 118 cm³/mol. The minimum atomic E-state index is -0.900. The van der Waals surface area contributed by atoms with Crippen molar-refractivity contribution in [3.8, 4) is 0 Å². The van der Waals surface area contributed by atoms with Gasteiger partial charge in [0.2, 0.25) is 5.91 Å². The molecule has 0 radical (unpaired) electrons. The molecule has 168 valence electrons. The first-order chi connectivity index (χ1) is 15.3. The number of aromatic nitrogens is 2. The van der Waals surface area contributed by atoms with E-state index in [4.69, 9.17) is 0 Å². The summed E-state index contributed by atoms with van der Waals surface area (Å²) in [7, 11) is 0. The highest BCUT2D eigenvalue weighted by atomic mass is 32.1. The van der Waals surface area contributed by atoms with Gasteiger partial charge in [0.1, 0.15) is 23.0 Å². The van der Waals surface area contributed by atoms with Crippen LogP contribution in [0.3, 0.4) is 0 Å². The Kier molecular flexibility index (Phi) is 6.05. The van der Waals surface area contributed by atoms with Crippen LogP contribution in [0, 0.1) is 18.6 Å². The van der Waals surface area contributed by atoms with Crippen LogP contribution in [-0.4, -0.2) is 38.9 Å². The molecule has 0 saturated carbocycles. The third kappa shape index (κ3) is 4.14. The third-order valence-electron chi connectivity index (χ3n) is 5.73. The van der Waals surface area contributed by atoms with Crippen molar-refractivity contribution in [2.24, 2.45) is 0 Å². The van der Waals surface area contributed by atoms with Crippen LogP contribution >= 0.6 is 11.3 Å². The number of aryl methyl sites for hydroxylation is 1. The van der Waals surface area contributed by atoms with Crippen LogP contribution in [0.15, 0.2) is 29.3 Å². The minimum Gasteiger partial charge on any atom is -0.338 e. The van der Waals surface area contributed by atoms with Gasteiger partial charge in [-0.05, 0) is 50.8 Å². The molecule has 1 fully saturated rings. The largest absolute Gasteiger partial charge is 0.338 e. The molecule has 1 aromatic carbocycles. The van der Waals surface area contributed by atoms with Crippen molar-refractivity contribution < 1.29 is 18.4 Å². The molecule has 1 saturated heterocycles. The van der Waals surface area contributed by atoms with E-state index < -0.39 is 23.1 Å². The molecule has 4 rings (SSSR count). The molecular weight excluding hydrogens is 438 g/mol. The van der Waals surface area contributed by atoms with E-state index >= 15 is 0 Å². The number of nitrogens with one attached hydrogen (secondary N) is 1. The molecule has 10 heteroatoms. The second kappa shape index (κ2) is 8.78. The van der Waals surface area contributed by atoms with E-state index in [1.807, 2.05) is 6.92 Å². The molecule has 0 bridgehead atoms. The van der Waals surface area contributed by atoms with Gasteiger partial charge in [-0.25, -0.2) is 13.8 Å². The number of anilines is 1. The number of thiophene rings is 1. The van der Waals surface area contributed by atoms with Crippen molar-refractivity contribution >= 4 is 39.1 Å². The number of likely N-dealkylation sites (tertiary alicyclic amines) is 1. The summed E-state index contributed by atoms with van der Waals surface area (Å²) in [6.07, 6.45) is 4.28. The van der Waals surface area contributed by atoms with E-state index in [2.05, 4.69) is 10.3 Å². The molecule has 0 unspecified atom stereocenters. The van der Waals surface area contributed by atoms with Gasteiger partial charge in [0.05, 0.1) is 22.3 Å². The summed E-state index contributed by atoms with van der Waals surface area (Å²) in [5.41, 5.74) is -0.177. The highest BCUT2D eigenvalue weighted by Gasteiger charge is 2.25. The maximum Gasteiger partial charge on any atom is 0.266 e. The molecule has 32 heavy (non-hydrogen) atoms. The first-order valence-electron chi connectivity index (χ1n) is 10.3. The van der Waals surface area contributed by atoms with Gasteiger partial charge < -0.3 is 10.2 Å². The fraction of sp³-hybridized carbons (Fsp3) is 0.364. The maximum absolute atomic E-state index is 13.9. The standard InChI is InChI=1S/C22H22F2N4O3S/c1-12-5-3-4-8-28(12)17(29)10-27-11-25-21-18(22(27)31)13(2)19(32-21)20(30)26-16-7-6-14(23)9-15(16)24/h6-7,9,11-12H,3-5,8,10H2,1-2H3,(H,26,30)/t12-/m1/s1. The van der Waals surface area contributed by atoms with E-state index in [0.717, 1.165) is 42.7 Å². The van der Waals surface area contributed by atoms with Crippen molar-refractivity contribution in [3.63, 3.8) is 0 Å². The van der Waals surface area contributed by atoms with Gasteiger partial charge in [-0.1, -0.05) is 0 Å². The van der Waals surface area contributed by atoms with Gasteiger partial charge in [-0.15, -0.1) is 11.3 Å². The monoisotopic (exact) mass is 460 g/mol. The Morgan fingerprint density at radius 1 is 1.28 bits per heavy atom. The zero-order valence-corrected chi connectivity index (χ0v) is 18.5. The summed E-state index contributed by atoms with van der Waals surface area (Å²) in [5.74, 6) is -2.42. The molecule has 2 amide bonds. The molecule has 3 aromatic rings. The van der Waals surface area contributed by atoms with Crippen LogP contribution in [0.2, 0.25) is 0 Å². The van der Waals surface area contributed by atoms with Crippen LogP contribution < -0.4 is 10.9 Å². The number of hydrogen-bond donors (Lipinski definition) is 1. The molecule has 2 aromatic heterocycles. The average Bonchev–Trinajstić information content (AvgIpc) is 3.09. The van der Waals surface area contributed by atoms with Gasteiger partial charge in [0, 0.05) is 18.7 Å². The highest BCUT2D eigenvalue weighted by Crippen LogP contribution is 2.28. The Morgan fingerprint density at radius 2 is 2.06 bits per heavy atom. The average molecular weight is 461 g/mol. The van der Waals surface area contributed by atoms with Gasteiger partial charge in [-0.3, -0.25) is 19.0 Å². The molecule has 1 aliphatic rings. The summed E-state index contributed by atoms with van der Waals surface area (Å²) < 4.78 is 28.3. The predicted octanol–water partition coefficient (Wildman–Crippen LogP) is 3.70. The summed E-state index contributed by atoms with van der Waals surface area (Å²) in [4.78, 5) is 45.1. The normalized spacial score (nSPS) is 16.4. The van der Waals surface area contributed by atoms with E-state index in [-0.39, 0.29) is 34.4 Å². The lowest BCUT2D eigenvalue weighted by Gasteiger charge is -2.33.